The maximum absolute atomic E-state index is 2.49. The Labute approximate surface area is 303 Å². The Morgan fingerprint density at radius 1 is 0.471 bits per heavy atom. The summed E-state index contributed by atoms with van der Waals surface area (Å²) in [4.78, 5) is 4.94. The highest BCUT2D eigenvalue weighted by atomic mass is 15.2. The van der Waals surface area contributed by atoms with E-state index in [9.17, 15) is 0 Å². The van der Waals surface area contributed by atoms with Crippen molar-refractivity contribution in [2.24, 2.45) is 11.3 Å². The minimum absolute atomic E-state index is 0.0346. The Bertz CT molecular complexity index is 2490. The van der Waals surface area contributed by atoms with Gasteiger partial charge < -0.3 is 9.80 Å². The number of anilines is 5. The summed E-state index contributed by atoms with van der Waals surface area (Å²) in [5.41, 5.74) is 15.0. The van der Waals surface area contributed by atoms with Crippen molar-refractivity contribution in [2.45, 2.75) is 62.3 Å². The Kier molecular flexibility index (Phi) is 7.83. The van der Waals surface area contributed by atoms with Gasteiger partial charge in [-0.2, -0.15) is 0 Å². The fraction of sp³-hybridized carbons (Fsp3) is 0.224. The van der Waals surface area contributed by atoms with Gasteiger partial charge in [0.25, 0.3) is 0 Å². The van der Waals surface area contributed by atoms with Gasteiger partial charge in [-0.05, 0) is 162 Å². The van der Waals surface area contributed by atoms with E-state index in [-0.39, 0.29) is 5.41 Å². The van der Waals surface area contributed by atoms with Crippen LogP contribution < -0.4 is 9.80 Å². The normalized spacial score (nSPS) is 15.5. The van der Waals surface area contributed by atoms with Crippen LogP contribution >= 0.6 is 0 Å². The smallest absolute Gasteiger partial charge is 0.0540 e. The molecule has 7 aromatic rings. The molecule has 0 amide bonds. The number of rotatable bonds is 6. The van der Waals surface area contributed by atoms with E-state index in [2.05, 4.69) is 193 Å². The third kappa shape index (κ3) is 5.49. The van der Waals surface area contributed by atoms with Gasteiger partial charge in [0.1, 0.15) is 0 Å². The highest BCUT2D eigenvalue weighted by Gasteiger charge is 2.29. The van der Waals surface area contributed by atoms with Crippen molar-refractivity contribution in [3.8, 4) is 0 Å². The molecular weight excluding hydrogens is 617 g/mol. The van der Waals surface area contributed by atoms with E-state index in [1.807, 2.05) is 0 Å². The highest BCUT2D eigenvalue weighted by molar-refractivity contribution is 6.28. The fourth-order valence-electron chi connectivity index (χ4n) is 7.80. The zero-order valence-corrected chi connectivity index (χ0v) is 31.5. The van der Waals surface area contributed by atoms with Crippen molar-refractivity contribution < 1.29 is 0 Å². The van der Waals surface area contributed by atoms with Crippen molar-refractivity contribution in [2.75, 3.05) is 9.80 Å². The summed E-state index contributed by atoms with van der Waals surface area (Å²) in [5, 5.41) is 7.65. The minimum Gasteiger partial charge on any atom is -0.310 e. The lowest BCUT2D eigenvalue weighted by molar-refractivity contribution is 0.361. The molecule has 1 aliphatic rings. The van der Waals surface area contributed by atoms with E-state index in [0.29, 0.717) is 5.92 Å². The predicted octanol–water partition coefficient (Wildman–Crippen LogP) is 14.2. The van der Waals surface area contributed by atoms with E-state index in [4.69, 9.17) is 0 Å². The summed E-state index contributed by atoms with van der Waals surface area (Å²) >= 11 is 0. The molecule has 0 aromatic heterocycles. The van der Waals surface area contributed by atoms with Crippen LogP contribution in [0, 0.1) is 52.9 Å². The molecule has 1 atom stereocenters. The first-order chi connectivity index (χ1) is 24.4. The van der Waals surface area contributed by atoms with Crippen molar-refractivity contribution in [1.29, 1.82) is 0 Å². The van der Waals surface area contributed by atoms with Crippen molar-refractivity contribution in [3.63, 3.8) is 0 Å². The molecule has 0 saturated carbocycles. The van der Waals surface area contributed by atoms with Crippen molar-refractivity contribution in [1.82, 2.24) is 0 Å². The Morgan fingerprint density at radius 2 is 0.882 bits per heavy atom. The molecule has 0 bridgehead atoms. The Hall–Kier alpha value is -5.34. The molecule has 0 aliphatic heterocycles. The maximum Gasteiger partial charge on any atom is 0.0540 e. The van der Waals surface area contributed by atoms with Gasteiger partial charge >= 0.3 is 0 Å². The van der Waals surface area contributed by atoms with Crippen LogP contribution in [0.2, 0.25) is 0 Å². The molecule has 2 heteroatoms. The van der Waals surface area contributed by atoms with Crippen molar-refractivity contribution in [3.05, 3.63) is 160 Å². The molecule has 1 aliphatic carbocycles. The highest BCUT2D eigenvalue weighted by Crippen LogP contribution is 2.48. The van der Waals surface area contributed by atoms with Gasteiger partial charge in [0.2, 0.25) is 0 Å². The quantitative estimate of drug-likeness (QED) is 0.163. The van der Waals surface area contributed by atoms with Gasteiger partial charge in [0, 0.05) is 33.5 Å². The van der Waals surface area contributed by atoms with Crippen LogP contribution in [0.3, 0.4) is 0 Å². The topological polar surface area (TPSA) is 6.48 Å². The number of benzene rings is 7. The second-order valence-corrected chi connectivity index (χ2v) is 15.6. The van der Waals surface area contributed by atoms with E-state index in [1.165, 1.54) is 99.8 Å². The molecule has 0 fully saturated rings. The second-order valence-electron chi connectivity index (χ2n) is 15.6. The van der Waals surface area contributed by atoms with Crippen LogP contribution in [-0.2, 0) is 0 Å². The molecule has 0 radical (unpaired) electrons. The lowest BCUT2D eigenvalue weighted by atomic mass is 9.76. The molecule has 7 aromatic carbocycles. The maximum atomic E-state index is 2.49. The summed E-state index contributed by atoms with van der Waals surface area (Å²) in [7, 11) is 0. The number of nitrogens with zero attached hydrogens (tertiary/aromatic N) is 2. The van der Waals surface area contributed by atoms with Crippen molar-refractivity contribution >= 4 is 60.8 Å². The summed E-state index contributed by atoms with van der Waals surface area (Å²) in [6, 6.07) is 39.2. The van der Waals surface area contributed by atoms with Gasteiger partial charge in [-0.3, -0.25) is 0 Å². The largest absolute Gasteiger partial charge is 0.310 e. The van der Waals surface area contributed by atoms with Gasteiger partial charge in [-0.15, -0.1) is 0 Å². The summed E-state index contributed by atoms with van der Waals surface area (Å²) < 4.78 is 0. The van der Waals surface area contributed by atoms with E-state index < -0.39 is 0 Å². The lowest BCUT2D eigenvalue weighted by Crippen LogP contribution is -2.26. The third-order valence-electron chi connectivity index (χ3n) is 11.9. The average molecular weight is 665 g/mol. The first kappa shape index (κ1) is 32.8. The number of allylic oxidation sites excluding steroid dienone is 3. The molecule has 2 nitrogen and oxygen atoms in total. The van der Waals surface area contributed by atoms with Crippen LogP contribution in [0.4, 0.5) is 28.4 Å². The SMILES string of the molecule is Cc1ccc(N(C2=CC(C)(C)C(C)C=C2)c2ccc3ccc4c(N(c5ccc(C)c(C)c5)c5ccc(C)c(C)c5)ccc5ccc2c3c54)cc1C. The van der Waals surface area contributed by atoms with Gasteiger partial charge in [0.05, 0.1) is 11.4 Å². The van der Waals surface area contributed by atoms with Crippen LogP contribution in [0.5, 0.6) is 0 Å². The van der Waals surface area contributed by atoms with E-state index in [0.717, 1.165) is 0 Å². The molecule has 0 N–H and O–H groups in total. The first-order valence-electron chi connectivity index (χ1n) is 18.3. The molecule has 8 rings (SSSR count). The summed E-state index contributed by atoms with van der Waals surface area (Å²) in [5.74, 6) is 0.459. The monoisotopic (exact) mass is 664 g/mol. The molecule has 1 unspecified atom stereocenters. The average Bonchev–Trinajstić information content (AvgIpc) is 3.11. The van der Waals surface area contributed by atoms with E-state index in [1.54, 1.807) is 0 Å². The predicted molar refractivity (Wildman–Crippen MR) is 222 cm³/mol. The van der Waals surface area contributed by atoms with Crippen LogP contribution in [0.25, 0.3) is 32.3 Å². The first-order valence-corrected chi connectivity index (χ1v) is 18.3. The summed E-state index contributed by atoms with van der Waals surface area (Å²) in [6.45, 7) is 20.2. The number of aryl methyl sites for hydroxylation is 6. The van der Waals surface area contributed by atoms with Gasteiger partial charge in [-0.1, -0.05) is 87.5 Å². The standard InChI is InChI=1S/C49H48N2/c1-30-10-18-39(26-33(30)4)50(40-19-11-31(2)34(5)27-40)45-24-16-37-15-23-44-46(25-17-38-14-22-43(45)47(37)48(38)44)51(41-20-12-32(3)35(6)28-41)42-21-13-36(7)49(8,9)29-42/h10-29,36H,1-9H3. The zero-order valence-electron chi connectivity index (χ0n) is 31.5. The molecule has 0 spiro atoms. The summed E-state index contributed by atoms with van der Waals surface area (Å²) in [6.07, 6.45) is 7.17. The Morgan fingerprint density at radius 3 is 1.31 bits per heavy atom. The van der Waals surface area contributed by atoms with Crippen LogP contribution in [-0.4, -0.2) is 0 Å². The molecule has 51 heavy (non-hydrogen) atoms. The number of hydrogen-bond donors (Lipinski definition) is 0. The molecule has 0 saturated heterocycles. The third-order valence-corrected chi connectivity index (χ3v) is 11.9. The van der Waals surface area contributed by atoms with Gasteiger partial charge in [0.15, 0.2) is 0 Å². The van der Waals surface area contributed by atoms with Gasteiger partial charge in [-0.25, -0.2) is 0 Å². The fourth-order valence-corrected chi connectivity index (χ4v) is 7.80. The number of hydrogen-bond acceptors (Lipinski definition) is 2. The second kappa shape index (κ2) is 12.2. The molecule has 254 valence electrons. The minimum atomic E-state index is 0.0346. The van der Waals surface area contributed by atoms with Crippen LogP contribution in [0.15, 0.2) is 127 Å². The zero-order chi connectivity index (χ0) is 35.8. The molecular formula is C49H48N2. The van der Waals surface area contributed by atoms with Crippen LogP contribution in [0.1, 0.15) is 54.2 Å². The Balaban J connectivity index is 1.41. The van der Waals surface area contributed by atoms with E-state index >= 15 is 0 Å². The lowest BCUT2D eigenvalue weighted by Gasteiger charge is -2.36. The molecule has 0 heterocycles.